The van der Waals surface area contributed by atoms with E-state index in [2.05, 4.69) is 22.0 Å². The van der Waals surface area contributed by atoms with Gasteiger partial charge < -0.3 is 24.7 Å². The van der Waals surface area contributed by atoms with Gasteiger partial charge in [0.25, 0.3) is 0 Å². The molecule has 1 aliphatic heterocycles. The lowest BCUT2D eigenvalue weighted by Gasteiger charge is -2.27. The number of fused-ring (bicyclic) bond motifs is 1. The normalized spacial score (nSPS) is 14.0. The number of hydrogen-bond donors (Lipinski definition) is 1. The number of halogens is 2. The number of rotatable bonds is 7. The van der Waals surface area contributed by atoms with Gasteiger partial charge in [-0.2, -0.15) is 5.26 Å². The van der Waals surface area contributed by atoms with Crippen molar-refractivity contribution in [3.63, 3.8) is 0 Å². The number of carbonyl (C=O) groups is 1. The minimum absolute atomic E-state index is 0.0349. The van der Waals surface area contributed by atoms with Gasteiger partial charge in [0.1, 0.15) is 29.7 Å². The van der Waals surface area contributed by atoms with Gasteiger partial charge in [-0.05, 0) is 57.9 Å². The SMILES string of the molecule is COc1cc(C2C(C#N)=C(N)Oc3cc(OC(=O)c4ccccc4Br)ccc32)ccc1OCc1ccccc1Cl. The van der Waals surface area contributed by atoms with Crippen LogP contribution in [0.2, 0.25) is 5.02 Å². The standard InChI is InChI=1S/C31H22BrClN2O5/c1-37-28-14-18(10-13-26(28)38-17-19-6-2-5-9-25(19)33)29-22-12-11-20(15-27(22)40-30(35)23(29)16-34)39-31(36)21-7-3-4-8-24(21)32/h2-15,29H,17,35H2,1H3. The Morgan fingerprint density at radius 1 is 1.05 bits per heavy atom. The van der Waals surface area contributed by atoms with E-state index in [1.807, 2.05) is 30.3 Å². The van der Waals surface area contributed by atoms with Crippen LogP contribution >= 0.6 is 27.5 Å². The second-order valence-corrected chi connectivity index (χ2v) is 10.0. The number of hydrogen-bond acceptors (Lipinski definition) is 7. The van der Waals surface area contributed by atoms with Crippen molar-refractivity contribution in [2.24, 2.45) is 5.73 Å². The van der Waals surface area contributed by atoms with Crippen LogP contribution in [0.5, 0.6) is 23.0 Å². The van der Waals surface area contributed by atoms with Crippen LogP contribution in [0.25, 0.3) is 0 Å². The Labute approximate surface area is 244 Å². The second kappa shape index (κ2) is 11.7. The minimum Gasteiger partial charge on any atom is -0.493 e. The molecule has 0 saturated heterocycles. The summed E-state index contributed by atoms with van der Waals surface area (Å²) in [6.45, 7) is 0.257. The van der Waals surface area contributed by atoms with Crippen molar-refractivity contribution in [1.29, 1.82) is 5.26 Å². The van der Waals surface area contributed by atoms with Crippen LogP contribution in [0.3, 0.4) is 0 Å². The molecule has 4 aromatic carbocycles. The summed E-state index contributed by atoms with van der Waals surface area (Å²) in [6.07, 6.45) is 0. The van der Waals surface area contributed by atoms with Gasteiger partial charge in [-0.15, -0.1) is 0 Å². The molecule has 9 heteroatoms. The Morgan fingerprint density at radius 3 is 2.58 bits per heavy atom. The summed E-state index contributed by atoms with van der Waals surface area (Å²) in [6, 6.07) is 27.0. The van der Waals surface area contributed by atoms with E-state index >= 15 is 0 Å². The van der Waals surface area contributed by atoms with Crippen molar-refractivity contribution < 1.29 is 23.7 Å². The molecule has 2 N–H and O–H groups in total. The van der Waals surface area contributed by atoms with E-state index in [9.17, 15) is 10.1 Å². The molecule has 4 aromatic rings. The van der Waals surface area contributed by atoms with Gasteiger partial charge in [0, 0.05) is 26.7 Å². The Bertz CT molecular complexity index is 1680. The zero-order valence-electron chi connectivity index (χ0n) is 21.2. The van der Waals surface area contributed by atoms with Crippen molar-refractivity contribution in [1.82, 2.24) is 0 Å². The van der Waals surface area contributed by atoms with E-state index in [1.165, 1.54) is 0 Å². The topological polar surface area (TPSA) is 104 Å². The Kier molecular flexibility index (Phi) is 7.96. The monoisotopic (exact) mass is 616 g/mol. The maximum Gasteiger partial charge on any atom is 0.344 e. The number of carbonyl (C=O) groups excluding carboxylic acids is 1. The first-order chi connectivity index (χ1) is 19.4. The zero-order valence-corrected chi connectivity index (χ0v) is 23.5. The van der Waals surface area contributed by atoms with Crippen LogP contribution in [-0.4, -0.2) is 13.1 Å². The quantitative estimate of drug-likeness (QED) is 0.174. The molecule has 5 rings (SSSR count). The number of nitriles is 1. The Morgan fingerprint density at radius 2 is 1.82 bits per heavy atom. The molecule has 0 radical (unpaired) electrons. The van der Waals surface area contributed by atoms with Gasteiger partial charge in [0.15, 0.2) is 11.5 Å². The van der Waals surface area contributed by atoms with Crippen LogP contribution in [0.1, 0.15) is 33.0 Å². The molecule has 1 heterocycles. The number of nitrogens with zero attached hydrogens (tertiary/aromatic N) is 1. The first kappa shape index (κ1) is 27.1. The summed E-state index contributed by atoms with van der Waals surface area (Å²) < 4.78 is 23.6. The van der Waals surface area contributed by atoms with Gasteiger partial charge in [-0.3, -0.25) is 0 Å². The summed E-state index contributed by atoms with van der Waals surface area (Å²) in [5.74, 6) is 0.527. The molecular formula is C31H22BrClN2O5. The average Bonchev–Trinajstić information content (AvgIpc) is 2.96. The number of methoxy groups -OCH3 is 1. The fourth-order valence-electron chi connectivity index (χ4n) is 4.38. The average molecular weight is 618 g/mol. The molecule has 1 aliphatic rings. The summed E-state index contributed by atoms with van der Waals surface area (Å²) >= 11 is 9.63. The van der Waals surface area contributed by atoms with E-state index in [0.717, 1.165) is 11.1 Å². The lowest BCUT2D eigenvalue weighted by molar-refractivity contribution is 0.0733. The summed E-state index contributed by atoms with van der Waals surface area (Å²) in [4.78, 5) is 12.7. The van der Waals surface area contributed by atoms with Gasteiger partial charge in [-0.1, -0.05) is 54.1 Å². The lowest BCUT2D eigenvalue weighted by atomic mass is 9.83. The highest BCUT2D eigenvalue weighted by Crippen LogP contribution is 2.45. The van der Waals surface area contributed by atoms with E-state index in [-0.39, 0.29) is 23.8 Å². The molecule has 0 amide bonds. The predicted molar refractivity (Wildman–Crippen MR) is 154 cm³/mol. The molecule has 200 valence electrons. The summed E-state index contributed by atoms with van der Waals surface area (Å²) in [5, 5.41) is 10.6. The highest BCUT2D eigenvalue weighted by molar-refractivity contribution is 9.10. The summed E-state index contributed by atoms with van der Waals surface area (Å²) in [7, 11) is 1.54. The third-order valence-electron chi connectivity index (χ3n) is 6.36. The van der Waals surface area contributed by atoms with E-state index < -0.39 is 11.9 Å². The van der Waals surface area contributed by atoms with Crippen LogP contribution in [0.15, 0.2) is 101 Å². The van der Waals surface area contributed by atoms with Gasteiger partial charge in [0.2, 0.25) is 5.88 Å². The third kappa shape index (κ3) is 5.48. The van der Waals surface area contributed by atoms with Crippen molar-refractivity contribution in [3.8, 4) is 29.1 Å². The van der Waals surface area contributed by atoms with E-state index in [1.54, 1.807) is 61.7 Å². The number of esters is 1. The third-order valence-corrected chi connectivity index (χ3v) is 7.42. The minimum atomic E-state index is -0.548. The highest BCUT2D eigenvalue weighted by Gasteiger charge is 2.32. The van der Waals surface area contributed by atoms with Crippen LogP contribution in [0.4, 0.5) is 0 Å². The van der Waals surface area contributed by atoms with Crippen LogP contribution in [0, 0.1) is 11.3 Å². The van der Waals surface area contributed by atoms with Gasteiger partial charge in [-0.25, -0.2) is 4.79 Å². The summed E-state index contributed by atoms with van der Waals surface area (Å²) in [5.41, 5.74) is 9.06. The van der Waals surface area contributed by atoms with E-state index in [4.69, 9.17) is 36.3 Å². The fraction of sp³-hybridized carbons (Fsp3) is 0.0968. The number of benzene rings is 4. The molecule has 0 bridgehead atoms. The zero-order chi connectivity index (χ0) is 28.2. The Balaban J connectivity index is 1.45. The lowest BCUT2D eigenvalue weighted by Crippen LogP contribution is -2.21. The molecule has 0 aliphatic carbocycles. The molecule has 1 unspecified atom stereocenters. The predicted octanol–water partition coefficient (Wildman–Crippen LogP) is 7.13. The van der Waals surface area contributed by atoms with Crippen LogP contribution < -0.4 is 24.7 Å². The first-order valence-electron chi connectivity index (χ1n) is 12.1. The number of ether oxygens (including phenoxy) is 4. The van der Waals surface area contributed by atoms with Crippen molar-refractivity contribution >= 4 is 33.5 Å². The molecule has 0 saturated carbocycles. The van der Waals surface area contributed by atoms with Crippen LogP contribution in [-0.2, 0) is 6.61 Å². The second-order valence-electron chi connectivity index (χ2n) is 8.78. The molecule has 40 heavy (non-hydrogen) atoms. The van der Waals surface area contributed by atoms with Crippen molar-refractivity contribution in [2.75, 3.05) is 7.11 Å². The number of allylic oxidation sites excluding steroid dienone is 1. The van der Waals surface area contributed by atoms with E-state index in [0.29, 0.717) is 37.9 Å². The molecule has 0 fully saturated rings. The van der Waals surface area contributed by atoms with Gasteiger partial charge >= 0.3 is 5.97 Å². The molecule has 7 nitrogen and oxygen atoms in total. The molecule has 0 spiro atoms. The molecule has 1 atom stereocenters. The number of nitrogens with two attached hydrogens (primary N) is 1. The van der Waals surface area contributed by atoms with Crippen molar-refractivity contribution in [2.45, 2.75) is 12.5 Å². The molecule has 0 aromatic heterocycles. The molecular weight excluding hydrogens is 596 g/mol. The maximum atomic E-state index is 12.7. The largest absolute Gasteiger partial charge is 0.493 e. The maximum absolute atomic E-state index is 12.7. The highest BCUT2D eigenvalue weighted by atomic mass is 79.9. The van der Waals surface area contributed by atoms with Gasteiger partial charge in [0.05, 0.1) is 18.6 Å². The Hall–Kier alpha value is -4.45. The first-order valence-corrected chi connectivity index (χ1v) is 13.3. The van der Waals surface area contributed by atoms with Crippen molar-refractivity contribution in [3.05, 3.63) is 128 Å². The fourth-order valence-corrected chi connectivity index (χ4v) is 5.02. The smallest absolute Gasteiger partial charge is 0.344 e.